The Morgan fingerprint density at radius 3 is 2.10 bits per heavy atom. The topological polar surface area (TPSA) is 29.1 Å². The third kappa shape index (κ3) is 4.12. The molecular weight excluding hydrogens is 418 g/mol. The Bertz CT molecular complexity index is 1090. The number of thioether (sulfide) groups is 1. The van der Waals surface area contributed by atoms with Crippen molar-refractivity contribution in [3.05, 3.63) is 75.2 Å². The van der Waals surface area contributed by atoms with Gasteiger partial charge >= 0.3 is 0 Å². The molecular formula is C27H31NOS2. The summed E-state index contributed by atoms with van der Waals surface area (Å²) in [7, 11) is 0. The molecule has 31 heavy (non-hydrogen) atoms. The van der Waals surface area contributed by atoms with E-state index >= 15 is 0 Å². The van der Waals surface area contributed by atoms with E-state index in [4.69, 9.17) is 12.2 Å². The van der Waals surface area contributed by atoms with E-state index in [1.54, 1.807) is 0 Å². The molecule has 2 aromatic carbocycles. The zero-order valence-corrected chi connectivity index (χ0v) is 20.9. The standard InChI is InChI=1S/C27H31NOS2/c1-25(2)13-14-26(3,4)21-16-19(11-12-20(21)25)27(5,6)18-9-7-17(8-10-18)15-22-23(29)28-24(30)31-22/h7-12,15-16H,13-14H2,1-6H3,(H,28,29,30)/b22-15-. The van der Waals surface area contributed by atoms with Gasteiger partial charge in [-0.2, -0.15) is 0 Å². The molecule has 0 bridgehead atoms. The second kappa shape index (κ2) is 7.60. The molecule has 0 saturated carbocycles. The van der Waals surface area contributed by atoms with Gasteiger partial charge in [-0.3, -0.25) is 4.79 Å². The number of thiocarbonyl (C=S) groups is 1. The van der Waals surface area contributed by atoms with Crippen molar-refractivity contribution < 1.29 is 4.79 Å². The van der Waals surface area contributed by atoms with Crippen molar-refractivity contribution in [2.45, 2.75) is 70.6 Å². The number of nitrogens with one attached hydrogen (secondary N) is 1. The minimum atomic E-state index is -0.112. The number of hydrogen-bond acceptors (Lipinski definition) is 3. The average Bonchev–Trinajstić information content (AvgIpc) is 3.02. The van der Waals surface area contributed by atoms with E-state index in [1.165, 1.54) is 46.9 Å². The summed E-state index contributed by atoms with van der Waals surface area (Å²) in [5, 5.41) is 2.67. The Kier molecular flexibility index (Phi) is 5.46. The first kappa shape index (κ1) is 22.3. The molecule has 1 aliphatic carbocycles. The molecule has 1 aliphatic heterocycles. The fourth-order valence-corrected chi connectivity index (χ4v) is 5.76. The zero-order chi connectivity index (χ0) is 22.6. The van der Waals surface area contributed by atoms with Crippen molar-refractivity contribution in [3.63, 3.8) is 0 Å². The number of carbonyl (C=O) groups excluding carboxylic acids is 1. The zero-order valence-electron chi connectivity index (χ0n) is 19.3. The maximum Gasteiger partial charge on any atom is 0.263 e. The second-order valence-corrected chi connectivity index (χ2v) is 12.3. The molecule has 1 N–H and O–H groups in total. The lowest BCUT2D eigenvalue weighted by Gasteiger charge is -2.43. The summed E-state index contributed by atoms with van der Waals surface area (Å²) in [6.07, 6.45) is 4.35. The van der Waals surface area contributed by atoms with Crippen LogP contribution in [0.25, 0.3) is 6.08 Å². The van der Waals surface area contributed by atoms with E-state index in [0.29, 0.717) is 9.23 Å². The van der Waals surface area contributed by atoms with Gasteiger partial charge < -0.3 is 5.32 Å². The Morgan fingerprint density at radius 1 is 0.935 bits per heavy atom. The molecule has 1 amide bonds. The van der Waals surface area contributed by atoms with Crippen LogP contribution in [0, 0.1) is 0 Å². The normalized spacial score (nSPS) is 21.2. The van der Waals surface area contributed by atoms with Crippen LogP contribution in [0.15, 0.2) is 47.4 Å². The molecule has 162 valence electrons. The summed E-state index contributed by atoms with van der Waals surface area (Å²) in [4.78, 5) is 12.6. The van der Waals surface area contributed by atoms with Gasteiger partial charge in [0.15, 0.2) is 0 Å². The van der Waals surface area contributed by atoms with Crippen LogP contribution in [0.4, 0.5) is 0 Å². The number of hydrogen-bond donors (Lipinski definition) is 1. The first-order valence-electron chi connectivity index (χ1n) is 10.9. The molecule has 2 aromatic rings. The monoisotopic (exact) mass is 449 g/mol. The lowest BCUT2D eigenvalue weighted by molar-refractivity contribution is -0.115. The summed E-state index contributed by atoms with van der Waals surface area (Å²) >= 11 is 6.40. The lowest BCUT2D eigenvalue weighted by Crippen LogP contribution is -2.34. The fraction of sp³-hybridized carbons (Fsp3) is 0.407. The maximum absolute atomic E-state index is 11.9. The molecule has 2 aliphatic rings. The van der Waals surface area contributed by atoms with Crippen molar-refractivity contribution in [1.82, 2.24) is 5.32 Å². The van der Waals surface area contributed by atoms with Crippen molar-refractivity contribution in [2.75, 3.05) is 0 Å². The van der Waals surface area contributed by atoms with Crippen molar-refractivity contribution >= 4 is 40.3 Å². The van der Waals surface area contributed by atoms with Gasteiger partial charge in [0.05, 0.1) is 4.91 Å². The molecule has 4 heteroatoms. The molecule has 0 aromatic heterocycles. The molecule has 0 radical (unpaired) electrons. The van der Waals surface area contributed by atoms with Crippen LogP contribution in [-0.4, -0.2) is 10.2 Å². The Hall–Kier alpha value is -1.91. The molecule has 0 atom stereocenters. The molecule has 4 rings (SSSR count). The summed E-state index contributed by atoms with van der Waals surface area (Å²) in [5.74, 6) is -0.112. The average molecular weight is 450 g/mol. The molecule has 1 fully saturated rings. The van der Waals surface area contributed by atoms with Gasteiger partial charge in [-0.25, -0.2) is 0 Å². The second-order valence-electron chi connectivity index (χ2n) is 10.6. The summed E-state index contributed by atoms with van der Waals surface area (Å²) in [5.41, 5.74) is 6.93. The third-order valence-corrected chi connectivity index (χ3v) is 8.31. The van der Waals surface area contributed by atoms with Crippen LogP contribution >= 0.6 is 24.0 Å². The van der Waals surface area contributed by atoms with Gasteiger partial charge in [-0.05, 0) is 57.6 Å². The SMILES string of the molecule is CC1(C)CCC(C)(C)c2cc(C(C)(C)c3ccc(/C=C4\SC(=S)NC4=O)cc3)ccc21. The quantitative estimate of drug-likeness (QED) is 0.410. The summed E-state index contributed by atoms with van der Waals surface area (Å²) < 4.78 is 0.521. The van der Waals surface area contributed by atoms with Crippen LogP contribution in [0.3, 0.4) is 0 Å². The van der Waals surface area contributed by atoms with Gasteiger partial charge in [0, 0.05) is 5.41 Å². The first-order chi connectivity index (χ1) is 14.4. The highest BCUT2D eigenvalue weighted by atomic mass is 32.2. The molecule has 1 saturated heterocycles. The van der Waals surface area contributed by atoms with Crippen molar-refractivity contribution in [1.29, 1.82) is 0 Å². The highest BCUT2D eigenvalue weighted by Gasteiger charge is 2.38. The van der Waals surface area contributed by atoms with Crippen molar-refractivity contribution in [3.8, 4) is 0 Å². The number of rotatable bonds is 3. The number of amides is 1. The molecule has 2 nitrogen and oxygen atoms in total. The Morgan fingerprint density at radius 2 is 1.52 bits per heavy atom. The van der Waals surface area contributed by atoms with Gasteiger partial charge in [0.2, 0.25) is 0 Å². The van der Waals surface area contributed by atoms with Gasteiger partial charge in [0.1, 0.15) is 4.32 Å². The number of carbonyl (C=O) groups is 1. The van der Waals surface area contributed by atoms with E-state index in [1.807, 2.05) is 6.08 Å². The third-order valence-electron chi connectivity index (χ3n) is 7.15. The van der Waals surface area contributed by atoms with Crippen LogP contribution in [0.2, 0.25) is 0 Å². The van der Waals surface area contributed by atoms with E-state index in [0.717, 1.165) is 5.56 Å². The minimum Gasteiger partial charge on any atom is -0.307 e. The lowest BCUT2D eigenvalue weighted by atomic mass is 9.62. The predicted molar refractivity (Wildman–Crippen MR) is 137 cm³/mol. The van der Waals surface area contributed by atoms with Gasteiger partial charge in [0.25, 0.3) is 5.91 Å². The largest absolute Gasteiger partial charge is 0.307 e. The van der Waals surface area contributed by atoms with Gasteiger partial charge in [-0.1, -0.05) is 108 Å². The molecule has 0 spiro atoms. The fourth-order valence-electron chi connectivity index (χ4n) is 4.71. The maximum atomic E-state index is 11.9. The van der Waals surface area contributed by atoms with Crippen LogP contribution in [0.1, 0.15) is 82.2 Å². The van der Waals surface area contributed by atoms with Crippen LogP contribution in [0.5, 0.6) is 0 Å². The van der Waals surface area contributed by atoms with Crippen LogP contribution in [-0.2, 0) is 21.0 Å². The first-order valence-corrected chi connectivity index (χ1v) is 12.1. The van der Waals surface area contributed by atoms with E-state index in [-0.39, 0.29) is 22.2 Å². The predicted octanol–water partition coefficient (Wildman–Crippen LogP) is 6.85. The smallest absolute Gasteiger partial charge is 0.263 e. The molecule has 1 heterocycles. The van der Waals surface area contributed by atoms with E-state index in [9.17, 15) is 4.79 Å². The Labute approximate surface area is 195 Å². The highest BCUT2D eigenvalue weighted by Crippen LogP contribution is 2.47. The van der Waals surface area contributed by atoms with E-state index in [2.05, 4.69) is 89.3 Å². The molecule has 0 unspecified atom stereocenters. The number of benzene rings is 2. The summed E-state index contributed by atoms with van der Waals surface area (Å²) in [6, 6.07) is 15.7. The minimum absolute atomic E-state index is 0.112. The van der Waals surface area contributed by atoms with E-state index < -0.39 is 0 Å². The van der Waals surface area contributed by atoms with Crippen molar-refractivity contribution in [2.24, 2.45) is 0 Å². The Balaban J connectivity index is 1.67. The van der Waals surface area contributed by atoms with Crippen LogP contribution < -0.4 is 5.32 Å². The number of fused-ring (bicyclic) bond motifs is 1. The highest BCUT2D eigenvalue weighted by molar-refractivity contribution is 8.26. The van der Waals surface area contributed by atoms with Gasteiger partial charge in [-0.15, -0.1) is 0 Å². The summed E-state index contributed by atoms with van der Waals surface area (Å²) in [6.45, 7) is 14.1.